The van der Waals surface area contributed by atoms with E-state index in [0.717, 1.165) is 22.3 Å². The predicted octanol–water partition coefficient (Wildman–Crippen LogP) is 7.66. The number of anilines is 1. The largest absolute Gasteiger partial charge is 0.437 e. The molecule has 0 unspecified atom stereocenters. The molecule has 1 N–H and O–H groups in total. The number of hydrogen-bond donors (Lipinski definition) is 1. The van der Waals surface area contributed by atoms with Crippen LogP contribution >= 0.6 is 23.2 Å². The fraction of sp³-hybridized carbons (Fsp3) is 0. The van der Waals surface area contributed by atoms with Crippen LogP contribution < -0.4 is 5.32 Å². The van der Waals surface area contributed by atoms with Crippen LogP contribution in [-0.2, 0) is 4.84 Å². The predicted molar refractivity (Wildman–Crippen MR) is 131 cm³/mol. The van der Waals surface area contributed by atoms with Crippen molar-refractivity contribution in [3.63, 3.8) is 0 Å². The van der Waals surface area contributed by atoms with Gasteiger partial charge in [0.25, 0.3) is 0 Å². The first-order valence-corrected chi connectivity index (χ1v) is 10.6. The number of rotatable bonds is 5. The van der Waals surface area contributed by atoms with E-state index in [2.05, 4.69) is 22.6 Å². The molecule has 0 radical (unpaired) electrons. The summed E-state index contributed by atoms with van der Waals surface area (Å²) in [5, 5.41) is 7.46. The van der Waals surface area contributed by atoms with Gasteiger partial charge >= 0.3 is 6.09 Å². The molecular weight excluding hydrogens is 443 g/mol. The second kappa shape index (κ2) is 10.1. The van der Waals surface area contributed by atoms with Gasteiger partial charge in [-0.25, -0.2) is 4.79 Å². The van der Waals surface area contributed by atoms with Gasteiger partial charge in [-0.15, -0.1) is 0 Å². The van der Waals surface area contributed by atoms with E-state index in [-0.39, 0.29) is 0 Å². The molecule has 0 aliphatic heterocycles. The molecule has 1 amide bonds. The highest BCUT2D eigenvalue weighted by molar-refractivity contribution is 6.42. The number of carbonyl (C=O) groups is 1. The van der Waals surface area contributed by atoms with Crippen molar-refractivity contribution in [3.05, 3.63) is 124 Å². The van der Waals surface area contributed by atoms with Gasteiger partial charge in [0.1, 0.15) is 5.71 Å². The zero-order chi connectivity index (χ0) is 22.3. The summed E-state index contributed by atoms with van der Waals surface area (Å²) >= 11 is 11.9. The summed E-state index contributed by atoms with van der Waals surface area (Å²) in [5.74, 6) is 0. The normalized spacial score (nSPS) is 11.1. The lowest BCUT2D eigenvalue weighted by molar-refractivity contribution is 0.166. The zero-order valence-electron chi connectivity index (χ0n) is 16.8. The summed E-state index contributed by atoms with van der Waals surface area (Å²) in [6.45, 7) is 0. The van der Waals surface area contributed by atoms with Crippen molar-refractivity contribution < 1.29 is 9.63 Å². The summed E-state index contributed by atoms with van der Waals surface area (Å²) in [6, 6.07) is 32.3. The Morgan fingerprint density at radius 3 is 1.94 bits per heavy atom. The minimum atomic E-state index is -0.738. The van der Waals surface area contributed by atoms with Crippen LogP contribution in [0.25, 0.3) is 11.1 Å². The number of oxime groups is 1. The molecule has 0 bridgehead atoms. The highest BCUT2D eigenvalue weighted by Crippen LogP contribution is 2.25. The van der Waals surface area contributed by atoms with E-state index in [1.54, 1.807) is 12.1 Å². The first-order valence-electron chi connectivity index (χ1n) is 9.82. The Hall–Kier alpha value is -3.60. The monoisotopic (exact) mass is 460 g/mol. The number of benzene rings is 4. The molecule has 6 heteroatoms. The van der Waals surface area contributed by atoms with Crippen LogP contribution in [0.5, 0.6) is 0 Å². The zero-order valence-corrected chi connectivity index (χ0v) is 18.3. The third kappa shape index (κ3) is 5.35. The van der Waals surface area contributed by atoms with Crippen LogP contribution in [0.2, 0.25) is 10.0 Å². The van der Waals surface area contributed by atoms with E-state index in [0.29, 0.717) is 21.4 Å². The Morgan fingerprint density at radius 1 is 0.688 bits per heavy atom. The molecule has 0 fully saturated rings. The van der Waals surface area contributed by atoms with Crippen molar-refractivity contribution in [2.24, 2.45) is 5.16 Å². The van der Waals surface area contributed by atoms with Crippen LogP contribution in [0, 0.1) is 0 Å². The lowest BCUT2D eigenvalue weighted by Crippen LogP contribution is -2.13. The second-order valence-corrected chi connectivity index (χ2v) is 7.70. The van der Waals surface area contributed by atoms with Crippen molar-refractivity contribution in [3.8, 4) is 11.1 Å². The Labute approximate surface area is 196 Å². The molecule has 4 rings (SSSR count). The average molecular weight is 461 g/mol. The third-order valence-electron chi connectivity index (χ3n) is 4.70. The van der Waals surface area contributed by atoms with Gasteiger partial charge in [-0.3, -0.25) is 10.2 Å². The minimum Gasteiger partial charge on any atom is -0.297 e. The van der Waals surface area contributed by atoms with Gasteiger partial charge in [-0.1, -0.05) is 113 Å². The molecule has 0 aliphatic rings. The van der Waals surface area contributed by atoms with Crippen LogP contribution in [0.15, 0.2) is 108 Å². The van der Waals surface area contributed by atoms with Crippen LogP contribution in [0.3, 0.4) is 0 Å². The summed E-state index contributed by atoms with van der Waals surface area (Å²) in [5.41, 5.74) is 4.83. The first kappa shape index (κ1) is 21.6. The number of hydrogen-bond acceptors (Lipinski definition) is 3. The van der Waals surface area contributed by atoms with Gasteiger partial charge in [-0.2, -0.15) is 0 Å². The van der Waals surface area contributed by atoms with Crippen molar-refractivity contribution in [2.75, 3.05) is 5.32 Å². The van der Waals surface area contributed by atoms with E-state index in [9.17, 15) is 4.79 Å². The van der Waals surface area contributed by atoms with Crippen molar-refractivity contribution in [1.82, 2.24) is 0 Å². The fourth-order valence-electron chi connectivity index (χ4n) is 3.12. The molecule has 4 aromatic carbocycles. The van der Waals surface area contributed by atoms with Crippen LogP contribution in [0.1, 0.15) is 11.1 Å². The maximum absolute atomic E-state index is 12.3. The van der Waals surface area contributed by atoms with Crippen LogP contribution in [-0.4, -0.2) is 11.8 Å². The lowest BCUT2D eigenvalue weighted by Gasteiger charge is -2.09. The highest BCUT2D eigenvalue weighted by Gasteiger charge is 2.11. The summed E-state index contributed by atoms with van der Waals surface area (Å²) < 4.78 is 0. The maximum Gasteiger partial charge on any atom is 0.437 e. The Morgan fingerprint density at radius 2 is 1.28 bits per heavy atom. The second-order valence-electron chi connectivity index (χ2n) is 6.88. The smallest absolute Gasteiger partial charge is 0.297 e. The Kier molecular flexibility index (Phi) is 6.85. The number of nitrogens with zero attached hydrogens (tertiary/aromatic N) is 1. The molecular formula is C26H18Cl2N2O2. The van der Waals surface area contributed by atoms with E-state index in [1.807, 2.05) is 72.8 Å². The van der Waals surface area contributed by atoms with Crippen molar-refractivity contribution in [1.29, 1.82) is 0 Å². The Bertz CT molecular complexity index is 1240. The minimum absolute atomic E-state index is 0.330. The molecule has 0 saturated heterocycles. The number of amides is 1. The summed E-state index contributed by atoms with van der Waals surface area (Å²) in [6.07, 6.45) is -0.738. The summed E-state index contributed by atoms with van der Waals surface area (Å²) in [4.78, 5) is 17.5. The first-order chi connectivity index (χ1) is 15.6. The molecule has 0 atom stereocenters. The van der Waals surface area contributed by atoms with Gasteiger partial charge in [0.15, 0.2) is 0 Å². The van der Waals surface area contributed by atoms with E-state index >= 15 is 0 Å². The molecule has 4 nitrogen and oxygen atoms in total. The quantitative estimate of drug-likeness (QED) is 0.188. The number of halogens is 2. The Balaban J connectivity index is 1.57. The maximum atomic E-state index is 12.3. The lowest BCUT2D eigenvalue weighted by atomic mass is 9.99. The molecule has 0 aromatic heterocycles. The molecule has 0 heterocycles. The van der Waals surface area contributed by atoms with E-state index in [1.165, 1.54) is 6.07 Å². The van der Waals surface area contributed by atoms with Crippen LogP contribution in [0.4, 0.5) is 10.5 Å². The number of carbonyl (C=O) groups excluding carboxylic acids is 1. The molecule has 0 spiro atoms. The molecule has 0 saturated carbocycles. The molecule has 32 heavy (non-hydrogen) atoms. The fourth-order valence-corrected chi connectivity index (χ4v) is 3.42. The SMILES string of the molecule is O=C(Nc1ccc(Cl)c(Cl)c1)O/N=C(/c1ccccc1)c1ccc(-c2ccccc2)cc1. The standard InChI is InChI=1S/C26H18Cl2N2O2/c27-23-16-15-22(17-24(23)28)29-26(31)32-30-25(20-9-5-2-6-10-20)21-13-11-19(12-14-21)18-7-3-1-4-8-18/h1-17H,(H,29,31)/b30-25-. The van der Waals surface area contributed by atoms with Gasteiger partial charge in [0, 0.05) is 16.8 Å². The average Bonchev–Trinajstić information content (AvgIpc) is 2.83. The topological polar surface area (TPSA) is 50.7 Å². The highest BCUT2D eigenvalue weighted by atomic mass is 35.5. The molecule has 0 aliphatic carbocycles. The van der Waals surface area contributed by atoms with Gasteiger partial charge < -0.3 is 0 Å². The molecule has 158 valence electrons. The molecule has 4 aromatic rings. The number of nitrogens with one attached hydrogen (secondary N) is 1. The third-order valence-corrected chi connectivity index (χ3v) is 5.44. The summed E-state index contributed by atoms with van der Waals surface area (Å²) in [7, 11) is 0. The van der Waals surface area contributed by atoms with Gasteiger partial charge in [0.2, 0.25) is 0 Å². The van der Waals surface area contributed by atoms with Gasteiger partial charge in [-0.05, 0) is 29.3 Å². The van der Waals surface area contributed by atoms with Gasteiger partial charge in [0.05, 0.1) is 10.0 Å². The van der Waals surface area contributed by atoms with E-state index in [4.69, 9.17) is 28.0 Å². The van der Waals surface area contributed by atoms with E-state index < -0.39 is 6.09 Å². The van der Waals surface area contributed by atoms with Crippen molar-refractivity contribution in [2.45, 2.75) is 0 Å². The van der Waals surface area contributed by atoms with Crippen molar-refractivity contribution >= 4 is 40.7 Å².